The molecule has 1 aliphatic carbocycles. The zero-order chi connectivity index (χ0) is 27.2. The molecule has 206 valence electrons. The molecule has 10 nitrogen and oxygen atoms in total. The van der Waals surface area contributed by atoms with Gasteiger partial charge in [0.2, 0.25) is 0 Å². The molecule has 1 aliphatic heterocycles. The van der Waals surface area contributed by atoms with Gasteiger partial charge in [0.1, 0.15) is 5.60 Å². The molecule has 10 heteroatoms. The third-order valence-electron chi connectivity index (χ3n) is 6.58. The van der Waals surface area contributed by atoms with Crippen molar-refractivity contribution >= 4 is 18.1 Å². The zero-order valence-corrected chi connectivity index (χ0v) is 23.0. The molecule has 0 radical (unpaired) electrons. The van der Waals surface area contributed by atoms with Gasteiger partial charge in [-0.05, 0) is 70.9 Å². The molecule has 1 N–H and O–H groups in total. The Labute approximate surface area is 220 Å². The Morgan fingerprint density at radius 2 is 2.03 bits per heavy atom. The third kappa shape index (κ3) is 8.05. The van der Waals surface area contributed by atoms with Gasteiger partial charge in [-0.2, -0.15) is 0 Å². The molecule has 1 saturated heterocycles. The molecule has 0 spiro atoms. The van der Waals surface area contributed by atoms with E-state index in [2.05, 4.69) is 23.0 Å². The molecule has 1 saturated carbocycles. The van der Waals surface area contributed by atoms with Crippen molar-refractivity contribution in [3.63, 3.8) is 0 Å². The minimum atomic E-state index is -0.726. The first-order valence-electron chi connectivity index (χ1n) is 13.2. The molecule has 2 aliphatic rings. The van der Waals surface area contributed by atoms with E-state index in [1.54, 1.807) is 4.90 Å². The molecule has 1 unspecified atom stereocenters. The van der Waals surface area contributed by atoms with Gasteiger partial charge < -0.3 is 29.3 Å². The Balaban J connectivity index is 1.71. The van der Waals surface area contributed by atoms with Crippen LogP contribution in [0.3, 0.4) is 0 Å². The summed E-state index contributed by atoms with van der Waals surface area (Å²) in [5.74, 6) is -0.105. The summed E-state index contributed by atoms with van der Waals surface area (Å²) in [4.78, 5) is 45.8. The van der Waals surface area contributed by atoms with Crippen LogP contribution in [0.25, 0.3) is 0 Å². The van der Waals surface area contributed by atoms with E-state index in [9.17, 15) is 14.4 Å². The van der Waals surface area contributed by atoms with Gasteiger partial charge >= 0.3 is 12.2 Å². The lowest BCUT2D eigenvalue weighted by atomic mass is 10.00. The molecule has 2 heterocycles. The Bertz CT molecular complexity index is 959. The summed E-state index contributed by atoms with van der Waals surface area (Å²) in [5.41, 5.74) is 2.50. The molecule has 3 rings (SSSR count). The quantitative estimate of drug-likeness (QED) is 0.497. The number of aryl methyl sites for hydroxylation is 2. The summed E-state index contributed by atoms with van der Waals surface area (Å²) in [6.07, 6.45) is 4.48. The van der Waals surface area contributed by atoms with E-state index in [1.165, 1.54) is 7.11 Å². The third-order valence-corrected chi connectivity index (χ3v) is 6.58. The lowest BCUT2D eigenvalue weighted by Crippen LogP contribution is -2.54. The highest BCUT2D eigenvalue weighted by molar-refractivity contribution is 5.83. The Morgan fingerprint density at radius 1 is 1.30 bits per heavy atom. The van der Waals surface area contributed by atoms with E-state index in [-0.39, 0.29) is 24.5 Å². The first-order chi connectivity index (χ1) is 17.5. The Hall–Kier alpha value is -2.88. The first kappa shape index (κ1) is 28.7. The number of rotatable bonds is 9. The molecule has 2 fully saturated rings. The predicted molar refractivity (Wildman–Crippen MR) is 138 cm³/mol. The van der Waals surface area contributed by atoms with Crippen molar-refractivity contribution in [2.45, 2.75) is 90.5 Å². The van der Waals surface area contributed by atoms with Crippen LogP contribution in [0.1, 0.15) is 76.7 Å². The van der Waals surface area contributed by atoms with Gasteiger partial charge in [-0.15, -0.1) is 0 Å². The number of methoxy groups -OCH3 is 1. The second kappa shape index (κ2) is 12.6. The topological polar surface area (TPSA) is 110 Å². The summed E-state index contributed by atoms with van der Waals surface area (Å²) in [6.45, 7) is 10.9. The number of nitrogens with one attached hydrogen (secondary N) is 1. The van der Waals surface area contributed by atoms with Crippen molar-refractivity contribution < 1.29 is 28.6 Å². The van der Waals surface area contributed by atoms with Crippen LogP contribution in [-0.2, 0) is 31.8 Å². The maximum absolute atomic E-state index is 13.7. The second-order valence-corrected chi connectivity index (χ2v) is 10.7. The van der Waals surface area contributed by atoms with E-state index in [4.69, 9.17) is 14.5 Å². The van der Waals surface area contributed by atoms with Crippen LogP contribution in [-0.4, -0.2) is 84.0 Å². The smallest absolute Gasteiger partial charge is 0.410 e. The number of aromatic nitrogens is 1. The van der Waals surface area contributed by atoms with Crippen LogP contribution in [0.5, 0.6) is 0 Å². The van der Waals surface area contributed by atoms with E-state index in [0.717, 1.165) is 48.9 Å². The van der Waals surface area contributed by atoms with Gasteiger partial charge in [-0.1, -0.05) is 13.0 Å². The number of amides is 3. The molecule has 37 heavy (non-hydrogen) atoms. The van der Waals surface area contributed by atoms with Gasteiger partial charge in [0.05, 0.1) is 26.3 Å². The fourth-order valence-electron chi connectivity index (χ4n) is 4.52. The van der Waals surface area contributed by atoms with Crippen molar-refractivity contribution in [3.05, 3.63) is 29.1 Å². The number of carbonyl (C=O) groups excluding carboxylic acids is 3. The van der Waals surface area contributed by atoms with E-state index in [1.807, 2.05) is 38.8 Å². The van der Waals surface area contributed by atoms with Crippen LogP contribution in [0, 0.1) is 0 Å². The predicted octanol–water partition coefficient (Wildman–Crippen LogP) is 3.62. The summed E-state index contributed by atoms with van der Waals surface area (Å²) in [6, 6.07) is 2.10. The number of hydrogen-bond acceptors (Lipinski definition) is 7. The Morgan fingerprint density at radius 3 is 2.65 bits per heavy atom. The highest BCUT2D eigenvalue weighted by Crippen LogP contribution is 2.36. The normalized spacial score (nSPS) is 18.6. The van der Waals surface area contributed by atoms with Crippen LogP contribution < -0.4 is 5.32 Å². The average molecular weight is 519 g/mol. The van der Waals surface area contributed by atoms with Gasteiger partial charge in [0.15, 0.2) is 6.10 Å². The minimum Gasteiger partial charge on any atom is -0.453 e. The largest absolute Gasteiger partial charge is 0.453 e. The highest BCUT2D eigenvalue weighted by atomic mass is 16.6. The summed E-state index contributed by atoms with van der Waals surface area (Å²) in [5, 5.41) is 2.71. The second-order valence-electron chi connectivity index (χ2n) is 10.7. The fourth-order valence-corrected chi connectivity index (χ4v) is 4.52. The van der Waals surface area contributed by atoms with Gasteiger partial charge in [0.25, 0.3) is 5.91 Å². The molecule has 0 aromatic carbocycles. The average Bonchev–Trinajstić information content (AvgIpc) is 3.70. The number of nitrogens with zero attached hydrogens (tertiary/aromatic N) is 3. The van der Waals surface area contributed by atoms with Gasteiger partial charge in [-0.3, -0.25) is 9.78 Å². The SMILES string of the molecule is CCc1ncc(C(C)N(C(=O)[C@H]2CN(C(=O)OC(C)(C)C)CCO2)C2CC2)cc1CCCNC(=O)OC. The standard InChI is InChI=1S/C27H42N4O6/c1-7-22-19(9-8-12-28-25(33)35-6)15-20(16-29-22)18(2)31(21-10-11-21)24(32)23-17-30(13-14-36-23)26(34)37-27(3,4)5/h15-16,18,21,23H,7-14,17H2,1-6H3,(H,28,33)/t18?,23-/m1/s1. The maximum atomic E-state index is 13.7. The molecule has 3 amide bonds. The minimum absolute atomic E-state index is 0.105. The number of alkyl carbamates (subject to hydrolysis) is 1. The van der Waals surface area contributed by atoms with E-state index in [0.29, 0.717) is 19.7 Å². The number of hydrogen-bond donors (Lipinski definition) is 1. The van der Waals surface area contributed by atoms with Gasteiger partial charge in [-0.25, -0.2) is 9.59 Å². The van der Waals surface area contributed by atoms with Crippen molar-refractivity contribution in [1.82, 2.24) is 20.1 Å². The lowest BCUT2D eigenvalue weighted by molar-refractivity contribution is -0.151. The summed E-state index contributed by atoms with van der Waals surface area (Å²) in [7, 11) is 1.35. The van der Waals surface area contributed by atoms with Crippen LogP contribution in [0.15, 0.2) is 12.3 Å². The summed E-state index contributed by atoms with van der Waals surface area (Å²) >= 11 is 0. The molecule has 1 aromatic rings. The number of ether oxygens (including phenoxy) is 3. The lowest BCUT2D eigenvalue weighted by Gasteiger charge is -2.38. The number of morpholine rings is 1. The van der Waals surface area contributed by atoms with Crippen molar-refractivity contribution in [2.75, 3.05) is 33.4 Å². The first-order valence-corrected chi connectivity index (χ1v) is 13.2. The molecular weight excluding hydrogens is 476 g/mol. The maximum Gasteiger partial charge on any atom is 0.410 e. The monoisotopic (exact) mass is 518 g/mol. The van der Waals surface area contributed by atoms with Gasteiger partial charge in [0, 0.05) is 31.0 Å². The number of carbonyl (C=O) groups is 3. The molecule has 0 bridgehead atoms. The molecular formula is C27H42N4O6. The Kier molecular flexibility index (Phi) is 9.75. The molecule has 1 aromatic heterocycles. The fraction of sp³-hybridized carbons (Fsp3) is 0.704. The van der Waals surface area contributed by atoms with Crippen molar-refractivity contribution in [2.24, 2.45) is 0 Å². The van der Waals surface area contributed by atoms with Crippen molar-refractivity contribution in [1.29, 1.82) is 0 Å². The molecule has 2 atom stereocenters. The zero-order valence-electron chi connectivity index (χ0n) is 23.0. The van der Waals surface area contributed by atoms with E-state index < -0.39 is 23.9 Å². The van der Waals surface area contributed by atoms with Crippen molar-refractivity contribution in [3.8, 4) is 0 Å². The summed E-state index contributed by atoms with van der Waals surface area (Å²) < 4.78 is 16.0. The van der Waals surface area contributed by atoms with Crippen LogP contribution >= 0.6 is 0 Å². The van der Waals surface area contributed by atoms with E-state index >= 15 is 0 Å². The van der Waals surface area contributed by atoms with Crippen LogP contribution in [0.2, 0.25) is 0 Å². The highest BCUT2D eigenvalue weighted by Gasteiger charge is 2.42. The van der Waals surface area contributed by atoms with Crippen LogP contribution in [0.4, 0.5) is 9.59 Å². The number of pyridine rings is 1.